The quantitative estimate of drug-likeness (QED) is 0.552. The third kappa shape index (κ3) is 5.93. The van der Waals surface area contributed by atoms with Crippen molar-refractivity contribution < 1.29 is 4.79 Å². The van der Waals surface area contributed by atoms with Crippen LogP contribution in [0.5, 0.6) is 0 Å². The summed E-state index contributed by atoms with van der Waals surface area (Å²) >= 11 is 6.09. The molecule has 0 radical (unpaired) electrons. The lowest BCUT2D eigenvalue weighted by Crippen LogP contribution is -2.35. The number of aromatic nitrogens is 1. The van der Waals surface area contributed by atoms with Crippen molar-refractivity contribution >= 4 is 17.5 Å². The van der Waals surface area contributed by atoms with Crippen molar-refractivity contribution in [2.24, 2.45) is 5.92 Å². The Labute approximate surface area is 156 Å². The first-order valence-electron chi connectivity index (χ1n) is 9.18. The summed E-state index contributed by atoms with van der Waals surface area (Å²) in [6, 6.07) is 12.1. The molecule has 3 nitrogen and oxygen atoms in total. The van der Waals surface area contributed by atoms with Gasteiger partial charge in [0, 0.05) is 35.9 Å². The molecule has 0 saturated carbocycles. The summed E-state index contributed by atoms with van der Waals surface area (Å²) in [6.45, 7) is 8.38. The highest BCUT2D eigenvalue weighted by molar-refractivity contribution is 6.30. The van der Waals surface area contributed by atoms with Crippen molar-refractivity contribution in [3.8, 4) is 0 Å². The van der Waals surface area contributed by atoms with Gasteiger partial charge >= 0.3 is 0 Å². The van der Waals surface area contributed by atoms with E-state index in [1.54, 1.807) is 0 Å². The van der Waals surface area contributed by atoms with Gasteiger partial charge in [-0.25, -0.2) is 0 Å². The summed E-state index contributed by atoms with van der Waals surface area (Å²) in [5.74, 6) is 0.254. The summed E-state index contributed by atoms with van der Waals surface area (Å²) in [5.41, 5.74) is 2.32. The van der Waals surface area contributed by atoms with Gasteiger partial charge in [-0.05, 0) is 36.2 Å². The summed E-state index contributed by atoms with van der Waals surface area (Å²) in [4.78, 5) is 14.6. The minimum atomic E-state index is 0.0259. The van der Waals surface area contributed by atoms with Gasteiger partial charge in [0.25, 0.3) is 0 Å². The molecule has 1 aromatic carbocycles. The van der Waals surface area contributed by atoms with Crippen LogP contribution in [0, 0.1) is 5.92 Å². The average Bonchev–Trinajstić information content (AvgIpc) is 3.00. The van der Waals surface area contributed by atoms with E-state index < -0.39 is 0 Å². The summed E-state index contributed by atoms with van der Waals surface area (Å²) < 4.78 is 2.20. The van der Waals surface area contributed by atoms with E-state index in [0.717, 1.165) is 48.6 Å². The maximum atomic E-state index is 12.6. The first-order chi connectivity index (χ1) is 12.0. The second-order valence-corrected chi connectivity index (χ2v) is 7.32. The number of hydrogen-bond acceptors (Lipinski definition) is 1. The molecule has 25 heavy (non-hydrogen) atoms. The molecule has 0 atom stereocenters. The lowest BCUT2D eigenvalue weighted by Gasteiger charge is -2.25. The van der Waals surface area contributed by atoms with Crippen LogP contribution in [0.25, 0.3) is 0 Å². The van der Waals surface area contributed by atoms with Gasteiger partial charge in [0.1, 0.15) is 0 Å². The number of unbranched alkanes of at least 4 members (excludes halogenated alkanes) is 2. The summed E-state index contributed by atoms with van der Waals surface area (Å²) in [5, 5.41) is 0.752. The summed E-state index contributed by atoms with van der Waals surface area (Å²) in [7, 11) is 0. The predicted molar refractivity (Wildman–Crippen MR) is 105 cm³/mol. The van der Waals surface area contributed by atoms with Crippen molar-refractivity contribution in [2.45, 2.75) is 53.1 Å². The second-order valence-electron chi connectivity index (χ2n) is 6.88. The van der Waals surface area contributed by atoms with Crippen molar-refractivity contribution in [1.29, 1.82) is 0 Å². The first-order valence-corrected chi connectivity index (χ1v) is 9.56. The number of hydrogen-bond donors (Lipinski definition) is 0. The molecule has 0 saturated heterocycles. The second kappa shape index (κ2) is 9.67. The number of benzene rings is 1. The molecule has 0 aliphatic heterocycles. The number of nitrogens with zero attached hydrogens (tertiary/aromatic N) is 2. The highest BCUT2D eigenvalue weighted by atomic mass is 35.5. The third-order valence-electron chi connectivity index (χ3n) is 4.36. The van der Waals surface area contributed by atoms with Crippen molar-refractivity contribution in [3.05, 3.63) is 58.9 Å². The number of rotatable bonds is 9. The van der Waals surface area contributed by atoms with E-state index in [2.05, 4.69) is 29.8 Å². The zero-order chi connectivity index (χ0) is 18.2. The van der Waals surface area contributed by atoms with Gasteiger partial charge in [-0.2, -0.15) is 0 Å². The van der Waals surface area contributed by atoms with Crippen LogP contribution in [0.3, 0.4) is 0 Å². The largest absolute Gasteiger partial charge is 0.345 e. The van der Waals surface area contributed by atoms with Gasteiger partial charge in [-0.3, -0.25) is 4.79 Å². The monoisotopic (exact) mass is 360 g/mol. The minimum Gasteiger partial charge on any atom is -0.345 e. The fourth-order valence-electron chi connectivity index (χ4n) is 2.96. The number of carbonyl (C=O) groups is 1. The molecule has 0 fully saturated rings. The molecule has 2 rings (SSSR count). The van der Waals surface area contributed by atoms with Gasteiger partial charge < -0.3 is 9.47 Å². The molecule has 0 unspecified atom stereocenters. The predicted octanol–water partition coefficient (Wildman–Crippen LogP) is 5.36. The molecule has 2 aromatic rings. The lowest BCUT2D eigenvalue weighted by atomic mass is 10.1. The Morgan fingerprint density at radius 1 is 1.20 bits per heavy atom. The molecule has 1 heterocycles. The number of amides is 1. The van der Waals surface area contributed by atoms with Gasteiger partial charge in [0.2, 0.25) is 5.91 Å². The molecule has 0 spiro atoms. The molecule has 0 bridgehead atoms. The topological polar surface area (TPSA) is 25.2 Å². The Hall–Kier alpha value is -1.74. The van der Waals surface area contributed by atoms with Gasteiger partial charge in [0.05, 0.1) is 6.54 Å². The number of halogens is 1. The molecule has 4 heteroatoms. The smallest absolute Gasteiger partial charge is 0.225 e. The Bertz CT molecular complexity index is 678. The fourth-order valence-corrected chi connectivity index (χ4v) is 3.17. The van der Waals surface area contributed by atoms with Crippen LogP contribution in [-0.2, 0) is 17.9 Å². The molecule has 1 aromatic heterocycles. The minimum absolute atomic E-state index is 0.0259. The molecule has 136 valence electrons. The maximum absolute atomic E-state index is 12.6. The van der Waals surface area contributed by atoms with Crippen LogP contribution in [0.4, 0.5) is 0 Å². The van der Waals surface area contributed by atoms with Crippen LogP contribution in [0.1, 0.15) is 51.3 Å². The van der Waals surface area contributed by atoms with Gasteiger partial charge in [-0.1, -0.05) is 57.3 Å². The molecule has 0 aliphatic carbocycles. The third-order valence-corrected chi connectivity index (χ3v) is 4.59. The highest BCUT2D eigenvalue weighted by Crippen LogP contribution is 2.16. The Kier molecular flexibility index (Phi) is 7.57. The Balaban J connectivity index is 2.11. The van der Waals surface area contributed by atoms with E-state index in [0.29, 0.717) is 6.54 Å². The van der Waals surface area contributed by atoms with E-state index in [4.69, 9.17) is 11.6 Å². The molecular weight excluding hydrogens is 332 g/mol. The zero-order valence-corrected chi connectivity index (χ0v) is 16.3. The number of carbonyl (C=O) groups excluding carboxylic acids is 1. The average molecular weight is 361 g/mol. The molecule has 0 aliphatic rings. The molecular formula is C21H29ClN2O. The van der Waals surface area contributed by atoms with E-state index in [1.165, 1.54) is 0 Å². The van der Waals surface area contributed by atoms with E-state index in [9.17, 15) is 4.79 Å². The molecule has 1 amide bonds. The van der Waals surface area contributed by atoms with Crippen LogP contribution in [0.15, 0.2) is 42.6 Å². The fraction of sp³-hybridized carbons (Fsp3) is 0.476. The van der Waals surface area contributed by atoms with Crippen molar-refractivity contribution in [1.82, 2.24) is 9.47 Å². The molecule has 0 N–H and O–H groups in total. The van der Waals surface area contributed by atoms with Crippen LogP contribution >= 0.6 is 11.6 Å². The van der Waals surface area contributed by atoms with Crippen molar-refractivity contribution in [3.63, 3.8) is 0 Å². The van der Waals surface area contributed by atoms with Gasteiger partial charge in [0.15, 0.2) is 0 Å². The van der Waals surface area contributed by atoms with Gasteiger partial charge in [-0.15, -0.1) is 0 Å². The maximum Gasteiger partial charge on any atom is 0.225 e. The highest BCUT2D eigenvalue weighted by Gasteiger charge is 2.18. The van der Waals surface area contributed by atoms with Crippen molar-refractivity contribution in [2.75, 3.05) is 6.54 Å². The van der Waals surface area contributed by atoms with E-state index in [1.807, 2.05) is 43.0 Å². The first kappa shape index (κ1) is 19.6. The van der Waals surface area contributed by atoms with E-state index in [-0.39, 0.29) is 11.8 Å². The van der Waals surface area contributed by atoms with Crippen LogP contribution in [0.2, 0.25) is 5.02 Å². The zero-order valence-electron chi connectivity index (χ0n) is 15.5. The lowest BCUT2D eigenvalue weighted by molar-refractivity contribution is -0.135. The summed E-state index contributed by atoms with van der Waals surface area (Å²) in [6.07, 6.45) is 5.45. The normalized spacial score (nSPS) is 11.1. The Morgan fingerprint density at radius 2 is 2.00 bits per heavy atom. The van der Waals surface area contributed by atoms with E-state index >= 15 is 0 Å². The van der Waals surface area contributed by atoms with Crippen LogP contribution < -0.4 is 0 Å². The van der Waals surface area contributed by atoms with Crippen LogP contribution in [-0.4, -0.2) is 21.9 Å². The standard InChI is InChI=1S/C21H29ClN2O/c1-4-5-6-12-24(21(25)17(2)3)16-20-11-8-13-23(20)15-18-9-7-10-19(22)14-18/h7-11,13-14,17H,4-6,12,15-16H2,1-3H3. The Morgan fingerprint density at radius 3 is 2.68 bits per heavy atom. The SMILES string of the molecule is CCCCCN(Cc1cccn1Cc1cccc(Cl)c1)C(=O)C(C)C.